The first kappa shape index (κ1) is 16.1. The zero-order valence-electron chi connectivity index (χ0n) is 11.8. The minimum Gasteiger partial charge on any atom is -0.494 e. The van der Waals surface area contributed by atoms with E-state index in [1.807, 2.05) is 31.2 Å². The molecule has 0 aliphatic heterocycles. The summed E-state index contributed by atoms with van der Waals surface area (Å²) >= 11 is 11.9. The van der Waals surface area contributed by atoms with Crippen LogP contribution in [-0.4, -0.2) is 6.61 Å². The summed E-state index contributed by atoms with van der Waals surface area (Å²) in [6, 6.07) is 10.00. The summed E-state index contributed by atoms with van der Waals surface area (Å²) in [7, 11) is 0. The molecule has 1 atom stereocenters. The normalized spacial score (nSPS) is 13.8. The van der Waals surface area contributed by atoms with E-state index in [4.69, 9.17) is 33.7 Å². The zero-order valence-corrected chi connectivity index (χ0v) is 13.3. The van der Waals surface area contributed by atoms with Gasteiger partial charge in [0.2, 0.25) is 0 Å². The fourth-order valence-corrected chi connectivity index (χ4v) is 2.73. The Hall–Kier alpha value is -1.29. The maximum atomic E-state index is 13.7. The Kier molecular flexibility index (Phi) is 4.77. The quantitative estimate of drug-likeness (QED) is 0.822. The monoisotopic (exact) mass is 327 g/mol. The van der Waals surface area contributed by atoms with E-state index in [2.05, 4.69) is 0 Å². The average Bonchev–Trinajstić information content (AvgIpc) is 2.43. The van der Waals surface area contributed by atoms with Crippen LogP contribution in [0.3, 0.4) is 0 Å². The van der Waals surface area contributed by atoms with Crippen LogP contribution in [-0.2, 0) is 5.54 Å². The lowest BCUT2D eigenvalue weighted by atomic mass is 9.85. The van der Waals surface area contributed by atoms with Gasteiger partial charge in [-0.3, -0.25) is 0 Å². The second-order valence-corrected chi connectivity index (χ2v) is 5.72. The first-order valence-electron chi connectivity index (χ1n) is 6.53. The summed E-state index contributed by atoms with van der Waals surface area (Å²) in [5, 5.41) is 0.302. The van der Waals surface area contributed by atoms with Crippen molar-refractivity contribution in [3.8, 4) is 5.75 Å². The first-order valence-corrected chi connectivity index (χ1v) is 7.29. The molecule has 0 bridgehead atoms. The molecule has 0 radical (unpaired) electrons. The smallest absolute Gasteiger partial charge is 0.142 e. The molecule has 0 spiro atoms. The van der Waals surface area contributed by atoms with E-state index in [1.165, 1.54) is 12.1 Å². The topological polar surface area (TPSA) is 35.2 Å². The van der Waals surface area contributed by atoms with Crippen molar-refractivity contribution in [3.05, 3.63) is 63.4 Å². The van der Waals surface area contributed by atoms with Crippen molar-refractivity contribution in [1.82, 2.24) is 0 Å². The summed E-state index contributed by atoms with van der Waals surface area (Å²) in [5.74, 6) is 0.158. The minimum atomic E-state index is -0.963. The van der Waals surface area contributed by atoms with Crippen LogP contribution in [0.5, 0.6) is 5.75 Å². The number of ether oxygens (including phenoxy) is 1. The molecule has 2 N–H and O–H groups in total. The van der Waals surface area contributed by atoms with Crippen molar-refractivity contribution in [3.63, 3.8) is 0 Å². The molecular weight excluding hydrogens is 312 g/mol. The van der Waals surface area contributed by atoms with Crippen molar-refractivity contribution in [1.29, 1.82) is 0 Å². The maximum Gasteiger partial charge on any atom is 0.142 e. The van der Waals surface area contributed by atoms with Crippen molar-refractivity contribution < 1.29 is 9.13 Å². The summed E-state index contributed by atoms with van der Waals surface area (Å²) < 4.78 is 19.2. The third-order valence-corrected chi connectivity index (χ3v) is 3.92. The molecule has 0 heterocycles. The lowest BCUT2D eigenvalue weighted by Crippen LogP contribution is -2.34. The highest BCUT2D eigenvalue weighted by Gasteiger charge is 2.28. The Morgan fingerprint density at radius 3 is 2.57 bits per heavy atom. The van der Waals surface area contributed by atoms with E-state index >= 15 is 0 Å². The van der Waals surface area contributed by atoms with Gasteiger partial charge in [-0.15, -0.1) is 0 Å². The van der Waals surface area contributed by atoms with Crippen LogP contribution in [0.2, 0.25) is 10.0 Å². The van der Waals surface area contributed by atoms with Gasteiger partial charge in [0, 0.05) is 5.02 Å². The summed E-state index contributed by atoms with van der Waals surface area (Å²) in [4.78, 5) is 0. The molecular formula is C16H16Cl2FNO. The molecule has 112 valence electrons. The first-order chi connectivity index (χ1) is 9.86. The highest BCUT2D eigenvalue weighted by atomic mass is 35.5. The van der Waals surface area contributed by atoms with Crippen LogP contribution in [0.1, 0.15) is 25.0 Å². The van der Waals surface area contributed by atoms with Gasteiger partial charge < -0.3 is 10.5 Å². The van der Waals surface area contributed by atoms with Gasteiger partial charge in [-0.05, 0) is 49.2 Å². The maximum absolute atomic E-state index is 13.7. The van der Waals surface area contributed by atoms with Crippen LogP contribution in [0.25, 0.3) is 0 Å². The van der Waals surface area contributed by atoms with Gasteiger partial charge in [0.1, 0.15) is 11.6 Å². The van der Waals surface area contributed by atoms with E-state index in [0.717, 1.165) is 5.56 Å². The fourth-order valence-electron chi connectivity index (χ4n) is 2.15. The number of halogens is 3. The number of hydrogen-bond acceptors (Lipinski definition) is 2. The standard InChI is InChI=1S/C16H16Cl2FNO/c1-3-21-11-6-4-5-10(7-11)16(2,20)12-8-15(19)14(18)9-13(12)17/h4-9H,3,20H2,1-2H3. The molecule has 0 aromatic heterocycles. The van der Waals surface area contributed by atoms with E-state index < -0.39 is 11.4 Å². The molecule has 2 rings (SSSR count). The van der Waals surface area contributed by atoms with Crippen molar-refractivity contribution in [2.24, 2.45) is 5.73 Å². The largest absolute Gasteiger partial charge is 0.494 e. The number of rotatable bonds is 4. The SMILES string of the molecule is CCOc1cccc(C(C)(N)c2cc(F)c(Cl)cc2Cl)c1. The molecule has 0 aliphatic rings. The molecule has 2 aromatic rings. The number of nitrogens with two attached hydrogens (primary N) is 1. The van der Waals surface area contributed by atoms with Gasteiger partial charge in [0.25, 0.3) is 0 Å². The van der Waals surface area contributed by atoms with Gasteiger partial charge in [-0.25, -0.2) is 4.39 Å². The van der Waals surface area contributed by atoms with Crippen LogP contribution in [0.4, 0.5) is 4.39 Å². The van der Waals surface area contributed by atoms with Crippen molar-refractivity contribution in [2.45, 2.75) is 19.4 Å². The second-order valence-electron chi connectivity index (χ2n) is 4.91. The van der Waals surface area contributed by atoms with Crippen LogP contribution >= 0.6 is 23.2 Å². The van der Waals surface area contributed by atoms with E-state index in [0.29, 0.717) is 22.9 Å². The van der Waals surface area contributed by atoms with Crippen molar-refractivity contribution >= 4 is 23.2 Å². The lowest BCUT2D eigenvalue weighted by molar-refractivity contribution is 0.339. The molecule has 0 aliphatic carbocycles. The fraction of sp³-hybridized carbons (Fsp3) is 0.250. The molecule has 5 heteroatoms. The Balaban J connectivity index is 2.51. The highest BCUT2D eigenvalue weighted by molar-refractivity contribution is 6.35. The van der Waals surface area contributed by atoms with Crippen LogP contribution in [0, 0.1) is 5.82 Å². The number of hydrogen-bond donors (Lipinski definition) is 1. The van der Waals surface area contributed by atoms with Gasteiger partial charge >= 0.3 is 0 Å². The summed E-state index contributed by atoms with van der Waals surface area (Å²) in [5.41, 5.74) is 6.68. The van der Waals surface area contributed by atoms with Gasteiger partial charge in [0.05, 0.1) is 17.2 Å². The second kappa shape index (κ2) is 6.22. The van der Waals surface area contributed by atoms with E-state index in [-0.39, 0.29) is 5.02 Å². The number of benzene rings is 2. The Bertz CT molecular complexity index is 659. The van der Waals surface area contributed by atoms with Crippen LogP contribution < -0.4 is 10.5 Å². The molecule has 0 fully saturated rings. The Morgan fingerprint density at radius 2 is 1.90 bits per heavy atom. The minimum absolute atomic E-state index is 0.0254. The van der Waals surface area contributed by atoms with Gasteiger partial charge in [-0.1, -0.05) is 35.3 Å². The molecule has 0 saturated carbocycles. The zero-order chi connectivity index (χ0) is 15.6. The van der Waals surface area contributed by atoms with Gasteiger partial charge in [0.15, 0.2) is 0 Å². The predicted molar refractivity (Wildman–Crippen MR) is 84.7 cm³/mol. The lowest BCUT2D eigenvalue weighted by Gasteiger charge is -2.27. The third-order valence-electron chi connectivity index (χ3n) is 3.31. The molecule has 1 unspecified atom stereocenters. The Labute approximate surface area is 133 Å². The highest BCUT2D eigenvalue weighted by Crippen LogP contribution is 2.35. The third kappa shape index (κ3) is 3.31. The van der Waals surface area contributed by atoms with Gasteiger partial charge in [-0.2, -0.15) is 0 Å². The van der Waals surface area contributed by atoms with E-state index in [1.54, 1.807) is 6.92 Å². The average molecular weight is 328 g/mol. The molecule has 0 amide bonds. The van der Waals surface area contributed by atoms with Crippen molar-refractivity contribution in [2.75, 3.05) is 6.61 Å². The van der Waals surface area contributed by atoms with E-state index in [9.17, 15) is 4.39 Å². The van der Waals surface area contributed by atoms with Crippen LogP contribution in [0.15, 0.2) is 36.4 Å². The molecule has 0 saturated heterocycles. The summed E-state index contributed by atoms with van der Waals surface area (Å²) in [6.45, 7) is 4.23. The predicted octanol–water partition coefficient (Wildman–Crippen LogP) is 4.75. The Morgan fingerprint density at radius 1 is 1.19 bits per heavy atom. The summed E-state index contributed by atoms with van der Waals surface area (Å²) in [6.07, 6.45) is 0. The molecule has 2 nitrogen and oxygen atoms in total. The molecule has 21 heavy (non-hydrogen) atoms. The molecule has 2 aromatic carbocycles.